The van der Waals surface area contributed by atoms with Crippen LogP contribution >= 0.6 is 0 Å². The molecule has 0 aliphatic carbocycles. The molecule has 0 aliphatic rings. The Morgan fingerprint density at radius 1 is 0.227 bits per heavy atom. The molecule has 7 rings (SSSR count). The molecule has 0 radical (unpaired) electrons. The van der Waals surface area contributed by atoms with Gasteiger partial charge in [0.2, 0.25) is 0 Å². The Bertz CT molecular complexity index is 2900. The van der Waals surface area contributed by atoms with Gasteiger partial charge in [0.1, 0.15) is 0 Å². The van der Waals surface area contributed by atoms with Crippen molar-refractivity contribution < 1.29 is 59.4 Å². The molecule has 318 valence electrons. The van der Waals surface area contributed by atoms with Crippen LogP contribution < -0.4 is 0 Å². The van der Waals surface area contributed by atoms with Gasteiger partial charge < -0.3 is 30.6 Å². The van der Waals surface area contributed by atoms with Gasteiger partial charge in [-0.15, -0.1) is 0 Å². The summed E-state index contributed by atoms with van der Waals surface area (Å²) in [5, 5.41) is 56.7. The van der Waals surface area contributed by atoms with E-state index in [1.54, 1.807) is 36.4 Å². The molecule has 0 saturated heterocycles. The lowest BCUT2D eigenvalue weighted by Gasteiger charge is -2.12. The summed E-state index contributed by atoms with van der Waals surface area (Å²) < 4.78 is 0. The van der Waals surface area contributed by atoms with Crippen molar-refractivity contribution >= 4 is 35.8 Å². The highest BCUT2D eigenvalue weighted by molar-refractivity contribution is 5.96. The summed E-state index contributed by atoms with van der Waals surface area (Å²) in [6.45, 7) is 0. The standard InChI is InChI=1S/C54H30O12/c55-49(56)43-19-34(20-44(28-43)50(57)58)4-1-31-7-13-37(14-8-31)40-25-41(38-15-9-32(10-16-38)2-5-35-21-45(51(59)60)29-46(22-35)52(61)62)27-42(26-40)39-17-11-33(12-18-39)3-6-36-23-47(53(63)64)30-48(24-36)54(65)66/h7-30H,(H,55,56)(H,57,58)(H,59,60)(H,61,62)(H,63,64)(H,65,66). The lowest BCUT2D eigenvalue weighted by atomic mass is 9.92. The van der Waals surface area contributed by atoms with Crippen molar-refractivity contribution in [1.29, 1.82) is 0 Å². The molecule has 0 heterocycles. The molecule has 0 saturated carbocycles. The van der Waals surface area contributed by atoms with Crippen LogP contribution in [0.3, 0.4) is 0 Å². The zero-order valence-electron chi connectivity index (χ0n) is 34.0. The first kappa shape index (κ1) is 44.1. The first-order chi connectivity index (χ1) is 31.6. The maximum Gasteiger partial charge on any atom is 0.335 e. The Labute approximate surface area is 375 Å². The van der Waals surface area contributed by atoms with Gasteiger partial charge in [-0.25, -0.2) is 28.8 Å². The Morgan fingerprint density at radius 2 is 0.409 bits per heavy atom. The van der Waals surface area contributed by atoms with Crippen molar-refractivity contribution in [3.05, 3.63) is 212 Å². The number of carbonyl (C=O) groups is 6. The van der Waals surface area contributed by atoms with E-state index in [9.17, 15) is 59.4 Å². The number of aromatic carboxylic acids is 6. The largest absolute Gasteiger partial charge is 0.478 e. The maximum atomic E-state index is 11.6. The minimum absolute atomic E-state index is 0.200. The molecule has 12 heteroatoms. The van der Waals surface area contributed by atoms with Crippen LogP contribution in [-0.2, 0) is 0 Å². The lowest BCUT2D eigenvalue weighted by molar-refractivity contribution is 0.0676. The van der Waals surface area contributed by atoms with Gasteiger partial charge in [0, 0.05) is 33.4 Å². The van der Waals surface area contributed by atoms with E-state index in [0.717, 1.165) is 51.6 Å². The van der Waals surface area contributed by atoms with Gasteiger partial charge in [-0.1, -0.05) is 71.9 Å². The van der Waals surface area contributed by atoms with Crippen LogP contribution in [0, 0.1) is 35.5 Å². The van der Waals surface area contributed by atoms with E-state index >= 15 is 0 Å². The van der Waals surface area contributed by atoms with Crippen molar-refractivity contribution in [2.24, 2.45) is 0 Å². The molecular formula is C54H30O12. The number of hydrogen-bond donors (Lipinski definition) is 6. The normalized spacial score (nSPS) is 10.2. The highest BCUT2D eigenvalue weighted by Crippen LogP contribution is 2.33. The van der Waals surface area contributed by atoms with Crippen LogP contribution in [0.1, 0.15) is 95.5 Å². The number of benzene rings is 7. The topological polar surface area (TPSA) is 224 Å². The second-order valence-electron chi connectivity index (χ2n) is 14.5. The summed E-state index contributed by atoms with van der Waals surface area (Å²) in [6, 6.07) is 38.9. The first-order valence-electron chi connectivity index (χ1n) is 19.5. The van der Waals surface area contributed by atoms with Gasteiger partial charge in [-0.05, 0) is 143 Å². The van der Waals surface area contributed by atoms with Gasteiger partial charge in [-0.2, -0.15) is 0 Å². The molecule has 66 heavy (non-hydrogen) atoms. The molecule has 0 fully saturated rings. The lowest BCUT2D eigenvalue weighted by Crippen LogP contribution is -2.03. The summed E-state index contributed by atoms with van der Waals surface area (Å²) in [6.07, 6.45) is 0. The number of carboxylic acid groups (broad SMARTS) is 6. The minimum Gasteiger partial charge on any atom is -0.478 e. The molecule has 0 spiro atoms. The van der Waals surface area contributed by atoms with Crippen molar-refractivity contribution in [3.63, 3.8) is 0 Å². The van der Waals surface area contributed by atoms with Crippen molar-refractivity contribution in [3.8, 4) is 68.9 Å². The summed E-state index contributed by atoms with van der Waals surface area (Å²) >= 11 is 0. The van der Waals surface area contributed by atoms with Gasteiger partial charge in [-0.3, -0.25) is 0 Å². The van der Waals surface area contributed by atoms with Crippen LogP contribution in [0.5, 0.6) is 0 Å². The number of hydrogen-bond acceptors (Lipinski definition) is 6. The van der Waals surface area contributed by atoms with Crippen molar-refractivity contribution in [1.82, 2.24) is 0 Å². The summed E-state index contributed by atoms with van der Waals surface area (Å²) in [5.41, 5.74) is 6.19. The van der Waals surface area contributed by atoms with E-state index in [4.69, 9.17) is 0 Å². The quantitative estimate of drug-likeness (QED) is 0.0748. The Hall–Kier alpha value is -9.96. The fourth-order valence-electron chi connectivity index (χ4n) is 6.64. The zero-order valence-corrected chi connectivity index (χ0v) is 34.0. The minimum atomic E-state index is -1.28. The second-order valence-corrected chi connectivity index (χ2v) is 14.5. The molecule has 0 unspecified atom stereocenters. The Balaban J connectivity index is 1.23. The molecule has 7 aromatic carbocycles. The third kappa shape index (κ3) is 10.7. The average Bonchev–Trinajstić information content (AvgIpc) is 3.32. The van der Waals surface area contributed by atoms with E-state index < -0.39 is 35.8 Å². The molecule has 7 aromatic rings. The molecule has 6 N–H and O–H groups in total. The van der Waals surface area contributed by atoms with E-state index in [-0.39, 0.29) is 50.1 Å². The predicted octanol–water partition coefficient (Wildman–Crippen LogP) is 9.08. The Morgan fingerprint density at radius 3 is 0.591 bits per heavy atom. The summed E-state index contributed by atoms with van der Waals surface area (Å²) in [7, 11) is 0. The van der Waals surface area contributed by atoms with E-state index in [2.05, 4.69) is 35.5 Å². The summed E-state index contributed by atoms with van der Waals surface area (Å²) in [4.78, 5) is 69.5. The molecule has 0 amide bonds. The van der Waals surface area contributed by atoms with Gasteiger partial charge in [0.15, 0.2) is 0 Å². The summed E-state index contributed by atoms with van der Waals surface area (Å²) in [5.74, 6) is 9.79. The van der Waals surface area contributed by atoms with Gasteiger partial charge in [0.25, 0.3) is 0 Å². The highest BCUT2D eigenvalue weighted by atomic mass is 16.4. The maximum absolute atomic E-state index is 11.6. The third-order valence-electron chi connectivity index (χ3n) is 9.92. The SMILES string of the molecule is O=C(O)c1cc(C#Cc2ccc(-c3cc(-c4ccc(C#Cc5cc(C(=O)O)cc(C(=O)O)c5)cc4)cc(-c4ccc(C#Cc5cc(C(=O)O)cc(C(=O)O)c5)cc4)c3)cc2)cc(C(=O)O)c1. The zero-order chi connectivity index (χ0) is 47.1. The van der Waals surface area contributed by atoms with Crippen LogP contribution in [0.4, 0.5) is 0 Å². The third-order valence-corrected chi connectivity index (χ3v) is 9.92. The molecule has 0 aromatic heterocycles. The Kier molecular flexibility index (Phi) is 12.7. The smallest absolute Gasteiger partial charge is 0.335 e. The highest BCUT2D eigenvalue weighted by Gasteiger charge is 2.14. The number of rotatable bonds is 9. The predicted molar refractivity (Wildman–Crippen MR) is 242 cm³/mol. The van der Waals surface area contributed by atoms with Crippen molar-refractivity contribution in [2.75, 3.05) is 0 Å². The van der Waals surface area contributed by atoms with Crippen LogP contribution in [0.15, 0.2) is 146 Å². The van der Waals surface area contributed by atoms with Gasteiger partial charge in [0.05, 0.1) is 33.4 Å². The van der Waals surface area contributed by atoms with Gasteiger partial charge >= 0.3 is 35.8 Å². The van der Waals surface area contributed by atoms with E-state index in [1.165, 1.54) is 36.4 Å². The van der Waals surface area contributed by atoms with E-state index in [1.807, 2.05) is 54.6 Å². The fraction of sp³-hybridized carbons (Fsp3) is 0. The first-order valence-corrected chi connectivity index (χ1v) is 19.5. The van der Waals surface area contributed by atoms with E-state index in [0.29, 0.717) is 16.7 Å². The monoisotopic (exact) mass is 870 g/mol. The molecule has 0 atom stereocenters. The fourth-order valence-corrected chi connectivity index (χ4v) is 6.64. The molecule has 0 aliphatic heterocycles. The van der Waals surface area contributed by atoms with Crippen LogP contribution in [0.25, 0.3) is 33.4 Å². The molecule has 12 nitrogen and oxygen atoms in total. The van der Waals surface area contributed by atoms with Crippen LogP contribution in [0.2, 0.25) is 0 Å². The van der Waals surface area contributed by atoms with Crippen molar-refractivity contribution in [2.45, 2.75) is 0 Å². The second kappa shape index (κ2) is 19.0. The average molecular weight is 871 g/mol. The van der Waals surface area contributed by atoms with Crippen LogP contribution in [-0.4, -0.2) is 66.5 Å². The molecular weight excluding hydrogens is 841 g/mol. The number of carboxylic acids is 6. The molecule has 0 bridgehead atoms.